The Labute approximate surface area is 74.6 Å². The molecule has 0 aliphatic heterocycles. The molecule has 1 N–H and O–H groups in total. The Morgan fingerprint density at radius 3 is 2.54 bits per heavy atom. The van der Waals surface area contributed by atoms with E-state index in [1.54, 1.807) is 31.5 Å². The summed E-state index contributed by atoms with van der Waals surface area (Å²) in [6, 6.07) is 3.44. The molecule has 2 aromatic heterocycles. The van der Waals surface area contributed by atoms with Crippen molar-refractivity contribution in [3.8, 4) is 11.3 Å². The van der Waals surface area contributed by atoms with Gasteiger partial charge < -0.3 is 0 Å². The topological polar surface area (TPSA) is 41.6 Å². The van der Waals surface area contributed by atoms with E-state index < -0.39 is 0 Å². The molecule has 0 saturated carbocycles. The van der Waals surface area contributed by atoms with Gasteiger partial charge in [-0.3, -0.25) is 10.1 Å². The Balaban J connectivity index is 2.53. The lowest BCUT2D eigenvalue weighted by atomic mass is 10.2. The molecule has 66 valence electrons. The van der Waals surface area contributed by atoms with E-state index in [2.05, 4.69) is 15.2 Å². The Kier molecular flexibility index (Phi) is 1.81. The summed E-state index contributed by atoms with van der Waals surface area (Å²) in [5, 5.41) is 6.45. The van der Waals surface area contributed by atoms with Crippen LogP contribution in [0.5, 0.6) is 0 Å². The average Bonchev–Trinajstić information content (AvgIpc) is 2.49. The summed E-state index contributed by atoms with van der Waals surface area (Å²) in [5.74, 6) is -0.300. The van der Waals surface area contributed by atoms with Crippen molar-refractivity contribution >= 4 is 0 Å². The van der Waals surface area contributed by atoms with E-state index in [-0.39, 0.29) is 5.82 Å². The molecule has 0 spiro atoms. The third-order valence-corrected chi connectivity index (χ3v) is 1.83. The van der Waals surface area contributed by atoms with Crippen LogP contribution in [-0.4, -0.2) is 15.2 Å². The third kappa shape index (κ3) is 1.30. The number of aryl methyl sites for hydroxylation is 1. The van der Waals surface area contributed by atoms with Gasteiger partial charge in [0.05, 0.1) is 5.69 Å². The first-order chi connectivity index (χ1) is 6.29. The van der Waals surface area contributed by atoms with E-state index in [1.807, 2.05) is 0 Å². The number of aromatic amines is 1. The van der Waals surface area contributed by atoms with Crippen molar-refractivity contribution in [3.63, 3.8) is 0 Å². The molecule has 0 unspecified atom stereocenters. The Hall–Kier alpha value is -1.71. The maximum Gasteiger partial charge on any atom is 0.171 e. The van der Waals surface area contributed by atoms with Crippen LogP contribution in [0.2, 0.25) is 0 Å². The minimum atomic E-state index is -0.300. The molecule has 4 heteroatoms. The van der Waals surface area contributed by atoms with Crippen LogP contribution in [0.15, 0.2) is 24.5 Å². The molecule has 2 rings (SSSR count). The van der Waals surface area contributed by atoms with Crippen molar-refractivity contribution in [3.05, 3.63) is 36.0 Å². The van der Waals surface area contributed by atoms with Crippen LogP contribution >= 0.6 is 0 Å². The van der Waals surface area contributed by atoms with Gasteiger partial charge in [0.25, 0.3) is 0 Å². The van der Waals surface area contributed by atoms with Crippen molar-refractivity contribution < 1.29 is 4.39 Å². The summed E-state index contributed by atoms with van der Waals surface area (Å²) in [6.45, 7) is 1.65. The molecule has 2 heterocycles. The van der Waals surface area contributed by atoms with Gasteiger partial charge >= 0.3 is 0 Å². The van der Waals surface area contributed by atoms with Gasteiger partial charge in [-0.2, -0.15) is 5.10 Å². The Bertz CT molecular complexity index is 408. The second-order valence-corrected chi connectivity index (χ2v) is 2.75. The van der Waals surface area contributed by atoms with E-state index in [4.69, 9.17) is 0 Å². The number of hydrogen-bond donors (Lipinski definition) is 1. The number of halogens is 1. The number of rotatable bonds is 1. The molecule has 0 aliphatic rings. The second kappa shape index (κ2) is 2.97. The van der Waals surface area contributed by atoms with Crippen LogP contribution in [0, 0.1) is 12.7 Å². The van der Waals surface area contributed by atoms with Gasteiger partial charge in [-0.05, 0) is 19.1 Å². The summed E-state index contributed by atoms with van der Waals surface area (Å²) < 4.78 is 13.3. The van der Waals surface area contributed by atoms with Gasteiger partial charge in [0, 0.05) is 18.0 Å². The molecule has 3 nitrogen and oxygen atoms in total. The highest BCUT2D eigenvalue weighted by Gasteiger charge is 2.10. The number of pyridine rings is 1. The summed E-state index contributed by atoms with van der Waals surface area (Å²) in [4.78, 5) is 3.85. The smallest absolute Gasteiger partial charge is 0.171 e. The molecular formula is C9H8FN3. The zero-order valence-corrected chi connectivity index (χ0v) is 7.08. The van der Waals surface area contributed by atoms with Gasteiger partial charge in [0.1, 0.15) is 5.69 Å². The quantitative estimate of drug-likeness (QED) is 0.723. The fraction of sp³-hybridized carbons (Fsp3) is 0.111. The number of nitrogens with one attached hydrogen (secondary N) is 1. The van der Waals surface area contributed by atoms with Crippen molar-refractivity contribution in [1.29, 1.82) is 0 Å². The molecule has 0 amide bonds. The van der Waals surface area contributed by atoms with Crippen molar-refractivity contribution in [1.82, 2.24) is 15.2 Å². The van der Waals surface area contributed by atoms with Gasteiger partial charge in [-0.1, -0.05) is 0 Å². The molecule has 0 saturated heterocycles. The maximum atomic E-state index is 13.3. The second-order valence-electron chi connectivity index (χ2n) is 2.75. The minimum absolute atomic E-state index is 0.300. The molecule has 0 radical (unpaired) electrons. The maximum absolute atomic E-state index is 13.3. The predicted molar refractivity (Wildman–Crippen MR) is 46.5 cm³/mol. The van der Waals surface area contributed by atoms with Gasteiger partial charge in [-0.15, -0.1) is 0 Å². The molecule has 2 aromatic rings. The fourth-order valence-electron chi connectivity index (χ4n) is 1.12. The SMILES string of the molecule is Cc1[nH]nc(-c2ccncc2)c1F. The van der Waals surface area contributed by atoms with Crippen molar-refractivity contribution in [2.75, 3.05) is 0 Å². The van der Waals surface area contributed by atoms with Crippen molar-refractivity contribution in [2.45, 2.75) is 6.92 Å². The van der Waals surface area contributed by atoms with Crippen LogP contribution in [0.25, 0.3) is 11.3 Å². The third-order valence-electron chi connectivity index (χ3n) is 1.83. The monoisotopic (exact) mass is 177 g/mol. The molecule has 0 aliphatic carbocycles. The zero-order chi connectivity index (χ0) is 9.26. The molecule has 0 atom stereocenters. The standard InChI is InChI=1S/C9H8FN3/c1-6-8(10)9(13-12-6)7-2-4-11-5-3-7/h2-5H,1H3,(H,12,13). The van der Waals surface area contributed by atoms with E-state index in [1.165, 1.54) is 0 Å². The summed E-state index contributed by atoms with van der Waals surface area (Å²) >= 11 is 0. The van der Waals surface area contributed by atoms with E-state index in [9.17, 15) is 4.39 Å². The molecular weight excluding hydrogens is 169 g/mol. The highest BCUT2D eigenvalue weighted by atomic mass is 19.1. The van der Waals surface area contributed by atoms with Crippen LogP contribution in [-0.2, 0) is 0 Å². The minimum Gasteiger partial charge on any atom is -0.279 e. The van der Waals surface area contributed by atoms with E-state index in [0.717, 1.165) is 5.56 Å². The first-order valence-electron chi connectivity index (χ1n) is 3.90. The van der Waals surface area contributed by atoms with Crippen LogP contribution < -0.4 is 0 Å². The number of nitrogens with zero attached hydrogens (tertiary/aromatic N) is 2. The highest BCUT2D eigenvalue weighted by Crippen LogP contribution is 2.20. The zero-order valence-electron chi connectivity index (χ0n) is 7.08. The normalized spacial score (nSPS) is 10.3. The molecule has 0 fully saturated rings. The van der Waals surface area contributed by atoms with E-state index >= 15 is 0 Å². The Morgan fingerprint density at radius 1 is 1.31 bits per heavy atom. The molecule has 0 aromatic carbocycles. The lowest BCUT2D eigenvalue weighted by Crippen LogP contribution is -1.82. The van der Waals surface area contributed by atoms with Gasteiger partial charge in [0.15, 0.2) is 5.82 Å². The van der Waals surface area contributed by atoms with Crippen molar-refractivity contribution in [2.24, 2.45) is 0 Å². The Morgan fingerprint density at radius 2 is 2.00 bits per heavy atom. The number of hydrogen-bond acceptors (Lipinski definition) is 2. The molecule has 13 heavy (non-hydrogen) atoms. The average molecular weight is 177 g/mol. The first-order valence-corrected chi connectivity index (χ1v) is 3.90. The summed E-state index contributed by atoms with van der Waals surface area (Å²) in [5.41, 5.74) is 1.53. The lowest BCUT2D eigenvalue weighted by molar-refractivity contribution is 0.622. The number of aromatic nitrogens is 3. The van der Waals surface area contributed by atoms with Gasteiger partial charge in [-0.25, -0.2) is 4.39 Å². The first kappa shape index (κ1) is 7.91. The highest BCUT2D eigenvalue weighted by molar-refractivity contribution is 5.59. The van der Waals surface area contributed by atoms with E-state index in [0.29, 0.717) is 11.4 Å². The summed E-state index contributed by atoms with van der Waals surface area (Å²) in [7, 11) is 0. The van der Waals surface area contributed by atoms with Crippen LogP contribution in [0.3, 0.4) is 0 Å². The van der Waals surface area contributed by atoms with Crippen LogP contribution in [0.4, 0.5) is 4.39 Å². The predicted octanol–water partition coefficient (Wildman–Crippen LogP) is 1.92. The largest absolute Gasteiger partial charge is 0.279 e. The fourth-order valence-corrected chi connectivity index (χ4v) is 1.12. The van der Waals surface area contributed by atoms with Gasteiger partial charge in [0.2, 0.25) is 0 Å². The number of H-pyrrole nitrogens is 1. The molecule has 0 bridgehead atoms. The summed E-state index contributed by atoms with van der Waals surface area (Å²) in [6.07, 6.45) is 3.22. The van der Waals surface area contributed by atoms with Crippen LogP contribution in [0.1, 0.15) is 5.69 Å². The lowest BCUT2D eigenvalue weighted by Gasteiger charge is -1.93.